The fourth-order valence-electron chi connectivity index (χ4n) is 5.22. The van der Waals surface area contributed by atoms with E-state index in [4.69, 9.17) is 31.9 Å². The number of nitrogen functional groups attached to an aromatic ring is 1. The van der Waals surface area contributed by atoms with Crippen LogP contribution in [-0.4, -0.2) is 45.5 Å². The number of nitrogens with two attached hydrogens (primary N) is 1. The number of anilines is 1. The third-order valence-electron chi connectivity index (χ3n) is 7.23. The second-order valence-corrected chi connectivity index (χ2v) is 10.1. The number of aromatic nitrogens is 3. The molecule has 1 unspecified atom stereocenters. The van der Waals surface area contributed by atoms with Crippen LogP contribution in [0.5, 0.6) is 5.75 Å². The molecule has 0 radical (unpaired) electrons. The van der Waals surface area contributed by atoms with Gasteiger partial charge in [-0.2, -0.15) is 5.10 Å². The van der Waals surface area contributed by atoms with Crippen molar-refractivity contribution >= 4 is 34.3 Å². The number of aryl methyl sites for hydroxylation is 1. The molecule has 8 nitrogen and oxygen atoms in total. The summed E-state index contributed by atoms with van der Waals surface area (Å²) in [6.45, 7) is 9.79. The second-order valence-electron chi connectivity index (χ2n) is 9.72. The molecule has 1 fully saturated rings. The first kappa shape index (κ1) is 25.9. The topological polar surface area (TPSA) is 95.5 Å². The summed E-state index contributed by atoms with van der Waals surface area (Å²) in [7, 11) is 0. The number of amides is 1. The number of hydrogen-bond donors (Lipinski definition) is 1. The summed E-state index contributed by atoms with van der Waals surface area (Å²) in [5.74, 6) is 0.876. The number of hydrogen-bond acceptors (Lipinski definition) is 6. The van der Waals surface area contributed by atoms with Crippen molar-refractivity contribution in [2.45, 2.75) is 46.3 Å². The SMILES string of the molecule is CCOc1c(C(C)n2nc(C)c3c(N)cncc32)cc(Cl)c(C)c1C1CN(C(=O)OCc2ccccc2)C1. The van der Waals surface area contributed by atoms with Crippen molar-refractivity contribution in [3.05, 3.63) is 81.8 Å². The number of pyridine rings is 1. The summed E-state index contributed by atoms with van der Waals surface area (Å²) in [4.78, 5) is 18.7. The van der Waals surface area contributed by atoms with E-state index in [1.54, 1.807) is 17.3 Å². The molecule has 198 valence electrons. The highest BCUT2D eigenvalue weighted by molar-refractivity contribution is 6.31. The molecule has 38 heavy (non-hydrogen) atoms. The Balaban J connectivity index is 1.43. The zero-order valence-corrected chi connectivity index (χ0v) is 22.8. The van der Waals surface area contributed by atoms with Crippen LogP contribution in [-0.2, 0) is 11.3 Å². The Morgan fingerprint density at radius 1 is 1.21 bits per heavy atom. The molecule has 3 heterocycles. The van der Waals surface area contributed by atoms with E-state index < -0.39 is 0 Å². The molecule has 2 aromatic heterocycles. The van der Waals surface area contributed by atoms with Crippen LogP contribution in [0.2, 0.25) is 5.02 Å². The number of carbonyl (C=O) groups excluding carboxylic acids is 1. The van der Waals surface area contributed by atoms with E-state index >= 15 is 0 Å². The van der Waals surface area contributed by atoms with Gasteiger partial charge in [-0.25, -0.2) is 4.79 Å². The Morgan fingerprint density at radius 3 is 2.66 bits per heavy atom. The van der Waals surface area contributed by atoms with Gasteiger partial charge in [-0.1, -0.05) is 41.9 Å². The summed E-state index contributed by atoms with van der Waals surface area (Å²) >= 11 is 6.79. The normalized spacial score (nSPS) is 14.4. The van der Waals surface area contributed by atoms with Crippen LogP contribution >= 0.6 is 11.6 Å². The lowest BCUT2D eigenvalue weighted by Crippen LogP contribution is -2.49. The molecule has 5 rings (SSSR count). The van der Waals surface area contributed by atoms with Crippen molar-refractivity contribution < 1.29 is 14.3 Å². The van der Waals surface area contributed by atoms with Crippen LogP contribution in [0.3, 0.4) is 0 Å². The van der Waals surface area contributed by atoms with E-state index in [-0.39, 0.29) is 24.7 Å². The monoisotopic (exact) mass is 533 g/mol. The van der Waals surface area contributed by atoms with Crippen LogP contribution < -0.4 is 10.5 Å². The molecule has 2 aromatic carbocycles. The summed E-state index contributed by atoms with van der Waals surface area (Å²) < 4.78 is 13.7. The predicted molar refractivity (Wildman–Crippen MR) is 149 cm³/mol. The molecule has 4 aromatic rings. The third-order valence-corrected chi connectivity index (χ3v) is 7.62. The standard InChI is InChI=1S/C29H32ClN5O3/c1-5-37-28-22(19(4)35-25-13-32-12-24(31)27(25)18(3)33-35)11-23(30)17(2)26(28)21-14-34(15-21)29(36)38-16-20-9-7-6-8-10-20/h6-13,19,21H,5,14-16,31H2,1-4H3. The summed E-state index contributed by atoms with van der Waals surface area (Å²) in [5.41, 5.74) is 12.4. The highest BCUT2D eigenvalue weighted by atomic mass is 35.5. The Bertz CT molecular complexity index is 1480. The number of ether oxygens (including phenoxy) is 2. The van der Waals surface area contributed by atoms with E-state index in [1.165, 1.54) is 0 Å². The maximum Gasteiger partial charge on any atom is 0.410 e. The highest BCUT2D eigenvalue weighted by Gasteiger charge is 2.37. The average molecular weight is 534 g/mol. The lowest BCUT2D eigenvalue weighted by molar-refractivity contribution is 0.0657. The Hall–Kier alpha value is -3.78. The van der Waals surface area contributed by atoms with Crippen LogP contribution in [0, 0.1) is 13.8 Å². The van der Waals surface area contributed by atoms with Gasteiger partial charge in [-0.05, 0) is 44.9 Å². The van der Waals surface area contributed by atoms with Crippen molar-refractivity contribution in [3.8, 4) is 5.75 Å². The van der Waals surface area contributed by atoms with E-state index in [9.17, 15) is 4.79 Å². The van der Waals surface area contributed by atoms with Gasteiger partial charge in [0.25, 0.3) is 0 Å². The quantitative estimate of drug-likeness (QED) is 0.312. The van der Waals surface area contributed by atoms with Gasteiger partial charge < -0.3 is 20.1 Å². The minimum absolute atomic E-state index is 0.0823. The van der Waals surface area contributed by atoms with Crippen molar-refractivity contribution in [2.75, 3.05) is 25.4 Å². The molecule has 1 aliphatic rings. The van der Waals surface area contributed by atoms with Gasteiger partial charge in [-0.3, -0.25) is 9.67 Å². The van der Waals surface area contributed by atoms with Gasteiger partial charge in [-0.15, -0.1) is 0 Å². The number of nitrogens with zero attached hydrogens (tertiary/aromatic N) is 4. The first-order valence-electron chi connectivity index (χ1n) is 12.8. The largest absolute Gasteiger partial charge is 0.493 e. The third kappa shape index (κ3) is 4.65. The molecule has 1 atom stereocenters. The fraction of sp³-hybridized carbons (Fsp3) is 0.345. The van der Waals surface area contributed by atoms with E-state index in [1.807, 2.05) is 61.9 Å². The molecular formula is C29H32ClN5O3. The summed E-state index contributed by atoms with van der Waals surface area (Å²) in [6.07, 6.45) is 3.11. The van der Waals surface area contributed by atoms with Crippen LogP contribution in [0.1, 0.15) is 53.8 Å². The van der Waals surface area contributed by atoms with Crippen LogP contribution in [0.25, 0.3) is 10.9 Å². The van der Waals surface area contributed by atoms with Gasteiger partial charge in [0.1, 0.15) is 12.4 Å². The number of halogens is 1. The molecule has 0 bridgehead atoms. The van der Waals surface area contributed by atoms with Crippen molar-refractivity contribution in [3.63, 3.8) is 0 Å². The Kier molecular flexibility index (Phi) is 7.17. The second kappa shape index (κ2) is 10.5. The van der Waals surface area contributed by atoms with Crippen LogP contribution in [0.15, 0.2) is 48.8 Å². The van der Waals surface area contributed by atoms with Crippen molar-refractivity contribution in [1.82, 2.24) is 19.7 Å². The first-order chi connectivity index (χ1) is 18.3. The zero-order chi connectivity index (χ0) is 27.0. The molecule has 1 saturated heterocycles. The molecule has 1 aliphatic heterocycles. The molecule has 1 amide bonds. The number of benzene rings is 2. The smallest absolute Gasteiger partial charge is 0.410 e. The number of likely N-dealkylation sites (tertiary alicyclic amines) is 1. The molecule has 0 saturated carbocycles. The number of rotatable bonds is 7. The van der Waals surface area contributed by atoms with Crippen molar-refractivity contribution in [2.24, 2.45) is 0 Å². The minimum atomic E-state index is -0.320. The first-order valence-corrected chi connectivity index (χ1v) is 13.2. The molecule has 0 spiro atoms. The van der Waals surface area contributed by atoms with Gasteiger partial charge in [0, 0.05) is 40.5 Å². The highest BCUT2D eigenvalue weighted by Crippen LogP contribution is 2.44. The number of fused-ring (bicyclic) bond motifs is 1. The van der Waals surface area contributed by atoms with E-state index in [0.29, 0.717) is 30.4 Å². The average Bonchev–Trinajstić information content (AvgIpc) is 3.23. The van der Waals surface area contributed by atoms with Crippen LogP contribution in [0.4, 0.5) is 10.5 Å². The van der Waals surface area contributed by atoms with Gasteiger partial charge in [0.15, 0.2) is 0 Å². The number of carbonyl (C=O) groups is 1. The van der Waals surface area contributed by atoms with Gasteiger partial charge in [0.05, 0.1) is 41.9 Å². The summed E-state index contributed by atoms with van der Waals surface area (Å²) in [5, 5.41) is 6.35. The Morgan fingerprint density at radius 2 is 1.95 bits per heavy atom. The Labute approximate surface area is 227 Å². The lowest BCUT2D eigenvalue weighted by atomic mass is 9.85. The predicted octanol–water partition coefficient (Wildman–Crippen LogP) is 6.03. The molecule has 2 N–H and O–H groups in total. The fourth-order valence-corrected chi connectivity index (χ4v) is 5.44. The van der Waals surface area contributed by atoms with E-state index in [2.05, 4.69) is 11.9 Å². The minimum Gasteiger partial charge on any atom is -0.493 e. The lowest BCUT2D eigenvalue weighted by Gasteiger charge is -2.40. The maximum absolute atomic E-state index is 12.7. The maximum atomic E-state index is 12.7. The van der Waals surface area contributed by atoms with E-state index in [0.717, 1.165) is 44.6 Å². The molecule has 9 heteroatoms. The molecule has 0 aliphatic carbocycles. The summed E-state index contributed by atoms with van der Waals surface area (Å²) in [6, 6.07) is 11.4. The zero-order valence-electron chi connectivity index (χ0n) is 22.1. The van der Waals surface area contributed by atoms with Gasteiger partial charge in [0.2, 0.25) is 0 Å². The van der Waals surface area contributed by atoms with Gasteiger partial charge >= 0.3 is 6.09 Å². The van der Waals surface area contributed by atoms with Crippen molar-refractivity contribution in [1.29, 1.82) is 0 Å². The molecular weight excluding hydrogens is 502 g/mol.